The largest absolute Gasteiger partial charge is 0.352 e. The van der Waals surface area contributed by atoms with Crippen LogP contribution in [0.3, 0.4) is 0 Å². The summed E-state index contributed by atoms with van der Waals surface area (Å²) in [5.74, 6) is -0.0952. The fraction of sp³-hybridized carbons (Fsp3) is 0.194. The average molecular weight is 475 g/mol. The number of fused-ring (bicyclic) bond motifs is 1. The smallest absolute Gasteiger partial charge is 0.252 e. The van der Waals surface area contributed by atoms with E-state index in [1.807, 2.05) is 48.1 Å². The van der Waals surface area contributed by atoms with Crippen molar-refractivity contribution in [1.82, 2.24) is 20.1 Å². The summed E-state index contributed by atoms with van der Waals surface area (Å²) in [5.41, 5.74) is 8.78. The molecular weight excluding hydrogens is 444 g/mol. The van der Waals surface area contributed by atoms with E-state index in [1.165, 1.54) is 16.7 Å². The number of benzene rings is 3. The van der Waals surface area contributed by atoms with Crippen LogP contribution in [0.4, 0.5) is 0 Å². The third kappa shape index (κ3) is 4.78. The van der Waals surface area contributed by atoms with Crippen LogP contribution < -0.4 is 5.32 Å². The number of hydrogen-bond acceptors (Lipinski definition) is 3. The maximum Gasteiger partial charge on any atom is 0.252 e. The van der Waals surface area contributed by atoms with Crippen LogP contribution in [0.1, 0.15) is 39.7 Å². The summed E-state index contributed by atoms with van der Waals surface area (Å²) in [7, 11) is 0. The van der Waals surface area contributed by atoms with E-state index in [2.05, 4.69) is 72.8 Å². The molecule has 0 fully saturated rings. The van der Waals surface area contributed by atoms with Gasteiger partial charge in [-0.15, -0.1) is 0 Å². The number of rotatable bonds is 7. The van der Waals surface area contributed by atoms with Gasteiger partial charge in [0.2, 0.25) is 0 Å². The highest BCUT2D eigenvalue weighted by atomic mass is 16.1. The predicted octanol–water partition coefficient (Wildman–Crippen LogP) is 6.24. The minimum atomic E-state index is -0.0952. The van der Waals surface area contributed by atoms with E-state index in [-0.39, 0.29) is 5.91 Å². The lowest BCUT2D eigenvalue weighted by atomic mass is 10.0. The third-order valence-electron chi connectivity index (χ3n) is 6.66. The second-order valence-corrected chi connectivity index (χ2v) is 9.14. The average Bonchev–Trinajstić information content (AvgIpc) is 3.30. The van der Waals surface area contributed by atoms with Gasteiger partial charge in [0.15, 0.2) is 0 Å². The molecule has 0 saturated heterocycles. The highest BCUT2D eigenvalue weighted by Gasteiger charge is 2.17. The van der Waals surface area contributed by atoms with Crippen LogP contribution in [-0.4, -0.2) is 27.2 Å². The summed E-state index contributed by atoms with van der Waals surface area (Å²) in [5, 5.41) is 8.58. The second kappa shape index (κ2) is 10.2. The summed E-state index contributed by atoms with van der Waals surface area (Å²) in [4.78, 5) is 18.2. The molecule has 0 spiro atoms. The van der Waals surface area contributed by atoms with Crippen LogP contribution in [0.2, 0.25) is 0 Å². The molecule has 0 atom stereocenters. The van der Waals surface area contributed by atoms with E-state index in [4.69, 9.17) is 4.98 Å². The van der Waals surface area contributed by atoms with Gasteiger partial charge in [0, 0.05) is 17.5 Å². The molecular formula is C31H30N4O. The second-order valence-electron chi connectivity index (χ2n) is 9.14. The van der Waals surface area contributed by atoms with Crippen LogP contribution in [0, 0.1) is 13.8 Å². The molecule has 1 N–H and O–H groups in total. The van der Waals surface area contributed by atoms with Crippen LogP contribution in [-0.2, 0) is 12.8 Å². The van der Waals surface area contributed by atoms with Crippen molar-refractivity contribution in [3.63, 3.8) is 0 Å². The molecule has 5 nitrogen and oxygen atoms in total. The van der Waals surface area contributed by atoms with Crippen molar-refractivity contribution >= 4 is 16.8 Å². The number of nitrogens with zero attached hydrogens (tertiary/aromatic N) is 3. The maximum absolute atomic E-state index is 13.3. The Morgan fingerprint density at radius 3 is 2.39 bits per heavy atom. The van der Waals surface area contributed by atoms with Gasteiger partial charge in [-0.3, -0.25) is 4.79 Å². The lowest BCUT2D eigenvalue weighted by Gasteiger charge is -2.11. The van der Waals surface area contributed by atoms with Crippen LogP contribution in [0.5, 0.6) is 0 Å². The fourth-order valence-electron chi connectivity index (χ4n) is 4.47. The van der Waals surface area contributed by atoms with Crippen molar-refractivity contribution in [3.8, 4) is 16.9 Å². The summed E-state index contributed by atoms with van der Waals surface area (Å²) < 4.78 is 1.92. The summed E-state index contributed by atoms with van der Waals surface area (Å²) in [6, 6.07) is 26.5. The molecule has 2 heterocycles. The van der Waals surface area contributed by atoms with Crippen molar-refractivity contribution in [1.29, 1.82) is 0 Å². The Kier molecular flexibility index (Phi) is 6.63. The van der Waals surface area contributed by atoms with Gasteiger partial charge >= 0.3 is 0 Å². The van der Waals surface area contributed by atoms with Gasteiger partial charge in [0.25, 0.3) is 5.91 Å². The molecule has 0 bridgehead atoms. The van der Waals surface area contributed by atoms with E-state index in [9.17, 15) is 4.79 Å². The number of aryl methyl sites for hydroxylation is 2. The zero-order chi connectivity index (χ0) is 25.1. The Morgan fingerprint density at radius 1 is 0.917 bits per heavy atom. The van der Waals surface area contributed by atoms with E-state index in [0.717, 1.165) is 46.4 Å². The van der Waals surface area contributed by atoms with E-state index in [1.54, 1.807) is 0 Å². The first-order valence-electron chi connectivity index (χ1n) is 12.4. The first kappa shape index (κ1) is 23.5. The van der Waals surface area contributed by atoms with Crippen molar-refractivity contribution in [2.45, 2.75) is 33.6 Å². The number of pyridine rings is 1. The lowest BCUT2D eigenvalue weighted by Crippen LogP contribution is -2.26. The minimum Gasteiger partial charge on any atom is -0.352 e. The first-order chi connectivity index (χ1) is 17.5. The Hall–Kier alpha value is -4.25. The number of aromatic nitrogens is 3. The normalized spacial score (nSPS) is 11.1. The molecule has 180 valence electrons. The summed E-state index contributed by atoms with van der Waals surface area (Å²) in [6.07, 6.45) is 3.62. The SMILES string of the molecule is CCc1ccc(-n2ncc(-c3cc(C(=O)NCCc4ccc(C)cc4)c4ccccc4n3)c2C)cc1. The molecule has 0 unspecified atom stereocenters. The Bertz CT molecular complexity index is 1520. The Morgan fingerprint density at radius 2 is 1.64 bits per heavy atom. The molecule has 1 amide bonds. The number of carbonyl (C=O) groups is 1. The van der Waals surface area contributed by atoms with Gasteiger partial charge in [0.05, 0.1) is 34.4 Å². The fourth-order valence-corrected chi connectivity index (χ4v) is 4.47. The molecule has 0 aliphatic carbocycles. The molecule has 0 aliphatic heterocycles. The van der Waals surface area contributed by atoms with Crippen molar-refractivity contribution < 1.29 is 4.79 Å². The molecule has 0 aliphatic rings. The highest BCUT2D eigenvalue weighted by molar-refractivity contribution is 6.07. The molecule has 0 radical (unpaired) electrons. The van der Waals surface area contributed by atoms with Gasteiger partial charge in [-0.2, -0.15) is 5.10 Å². The number of carbonyl (C=O) groups excluding carboxylic acids is 1. The summed E-state index contributed by atoms with van der Waals surface area (Å²) in [6.45, 7) is 6.83. The summed E-state index contributed by atoms with van der Waals surface area (Å²) >= 11 is 0. The molecule has 5 rings (SSSR count). The minimum absolute atomic E-state index is 0.0952. The van der Waals surface area contributed by atoms with E-state index in [0.29, 0.717) is 12.1 Å². The van der Waals surface area contributed by atoms with Crippen molar-refractivity contribution in [2.75, 3.05) is 6.54 Å². The number of amides is 1. The molecule has 36 heavy (non-hydrogen) atoms. The van der Waals surface area contributed by atoms with Gasteiger partial charge in [-0.05, 0) is 62.1 Å². The van der Waals surface area contributed by atoms with Crippen LogP contribution >= 0.6 is 0 Å². The van der Waals surface area contributed by atoms with Gasteiger partial charge in [0.1, 0.15) is 0 Å². The lowest BCUT2D eigenvalue weighted by molar-refractivity contribution is 0.0955. The number of nitrogens with one attached hydrogen (secondary N) is 1. The van der Waals surface area contributed by atoms with Gasteiger partial charge < -0.3 is 5.32 Å². The molecule has 3 aromatic carbocycles. The predicted molar refractivity (Wildman–Crippen MR) is 146 cm³/mol. The van der Waals surface area contributed by atoms with Gasteiger partial charge in [-0.1, -0.05) is 67.1 Å². The molecule has 2 aromatic heterocycles. The maximum atomic E-state index is 13.3. The molecule has 0 saturated carbocycles. The zero-order valence-corrected chi connectivity index (χ0v) is 21.0. The number of hydrogen-bond donors (Lipinski definition) is 1. The monoisotopic (exact) mass is 474 g/mol. The quantitative estimate of drug-likeness (QED) is 0.304. The van der Waals surface area contributed by atoms with Crippen molar-refractivity contribution in [2.24, 2.45) is 0 Å². The van der Waals surface area contributed by atoms with E-state index >= 15 is 0 Å². The third-order valence-corrected chi connectivity index (χ3v) is 6.66. The number of para-hydroxylation sites is 1. The highest BCUT2D eigenvalue weighted by Crippen LogP contribution is 2.28. The van der Waals surface area contributed by atoms with Crippen LogP contribution in [0.25, 0.3) is 27.8 Å². The standard InChI is InChI=1S/C31H30N4O/c1-4-23-13-15-25(16-14-23)35-22(3)28(20-33-35)30-19-27(26-7-5-6-8-29(26)34-30)31(36)32-18-17-24-11-9-21(2)10-12-24/h5-16,19-20H,4,17-18H2,1-3H3,(H,32,36). The topological polar surface area (TPSA) is 59.8 Å². The van der Waals surface area contributed by atoms with Gasteiger partial charge in [-0.25, -0.2) is 9.67 Å². The van der Waals surface area contributed by atoms with E-state index < -0.39 is 0 Å². The van der Waals surface area contributed by atoms with Crippen LogP contribution in [0.15, 0.2) is 85.1 Å². The van der Waals surface area contributed by atoms with Crippen molar-refractivity contribution in [3.05, 3.63) is 113 Å². The molecule has 5 aromatic rings. The Labute approximate surface area is 211 Å². The Balaban J connectivity index is 1.44. The first-order valence-corrected chi connectivity index (χ1v) is 12.4. The molecule has 5 heteroatoms. The zero-order valence-electron chi connectivity index (χ0n) is 21.0.